The van der Waals surface area contributed by atoms with Gasteiger partial charge in [-0.3, -0.25) is 14.4 Å². The third-order valence-corrected chi connectivity index (χ3v) is 7.43. The van der Waals surface area contributed by atoms with Gasteiger partial charge in [0.2, 0.25) is 17.7 Å². The Hall–Kier alpha value is -3.97. The highest BCUT2D eigenvalue weighted by atomic mass is 16.2. The third kappa shape index (κ3) is 6.73. The molecular weight excluding hydrogens is 488 g/mol. The van der Waals surface area contributed by atoms with E-state index in [0.29, 0.717) is 12.8 Å². The minimum absolute atomic E-state index is 0.134. The van der Waals surface area contributed by atoms with E-state index in [1.54, 1.807) is 22.8 Å². The number of hydrogen-bond acceptors (Lipinski definition) is 4. The van der Waals surface area contributed by atoms with E-state index in [4.69, 9.17) is 11.5 Å². The first-order chi connectivity index (χ1) is 18.5. The summed E-state index contributed by atoms with van der Waals surface area (Å²) in [5, 5.41) is 2.24. The number of benzene rings is 3. The number of nitrogens with zero attached hydrogens (tertiary/aromatic N) is 2. The van der Waals surface area contributed by atoms with Gasteiger partial charge in [-0.15, -0.1) is 0 Å². The molecule has 3 amide bonds. The Bertz CT molecular complexity index is 1380. The zero-order valence-electron chi connectivity index (χ0n) is 23.0. The van der Waals surface area contributed by atoms with Crippen LogP contribution in [-0.2, 0) is 27.2 Å². The van der Waals surface area contributed by atoms with E-state index in [-0.39, 0.29) is 37.4 Å². The van der Waals surface area contributed by atoms with Crippen LogP contribution in [0.2, 0.25) is 0 Å². The number of hydrogen-bond donors (Lipinski definition) is 2. The topological polar surface area (TPSA) is 110 Å². The lowest BCUT2D eigenvalue weighted by Gasteiger charge is -2.47. The molecule has 3 aromatic carbocycles. The first-order valence-electron chi connectivity index (χ1n) is 13.3. The maximum absolute atomic E-state index is 13.5. The molecule has 4 rings (SSSR count). The van der Waals surface area contributed by atoms with Crippen LogP contribution in [0.4, 0.5) is 0 Å². The van der Waals surface area contributed by atoms with Crippen molar-refractivity contribution in [1.29, 1.82) is 0 Å². The average Bonchev–Trinajstić information content (AvgIpc) is 2.89. The number of fused-ring (bicyclic) bond motifs is 1. The number of carbonyl (C=O) groups is 3. The summed E-state index contributed by atoms with van der Waals surface area (Å²) in [6, 6.07) is 23.5. The molecule has 4 N–H and O–H groups in total. The monoisotopic (exact) mass is 526 g/mol. The maximum atomic E-state index is 13.5. The molecule has 1 heterocycles. The lowest BCUT2D eigenvalue weighted by molar-refractivity contribution is -0.156. The summed E-state index contributed by atoms with van der Waals surface area (Å²) in [6.45, 7) is 5.56. The molecule has 7 heteroatoms. The van der Waals surface area contributed by atoms with Crippen molar-refractivity contribution >= 4 is 28.5 Å². The third-order valence-electron chi connectivity index (χ3n) is 7.43. The van der Waals surface area contributed by atoms with Gasteiger partial charge in [-0.25, -0.2) is 0 Å². The Labute approximate surface area is 230 Å². The number of rotatable bonds is 9. The Morgan fingerprint density at radius 1 is 0.949 bits per heavy atom. The van der Waals surface area contributed by atoms with Crippen LogP contribution < -0.4 is 11.5 Å². The predicted molar refractivity (Wildman–Crippen MR) is 155 cm³/mol. The Morgan fingerprint density at radius 2 is 1.62 bits per heavy atom. The molecule has 3 aromatic rings. The van der Waals surface area contributed by atoms with Crippen LogP contribution in [0.1, 0.15) is 38.3 Å². The molecular formula is C32H38N4O3. The minimum Gasteiger partial charge on any atom is -0.368 e. The van der Waals surface area contributed by atoms with Crippen molar-refractivity contribution in [1.82, 2.24) is 9.80 Å². The Morgan fingerprint density at radius 3 is 2.28 bits per heavy atom. The second-order valence-corrected chi connectivity index (χ2v) is 11.4. The fourth-order valence-corrected chi connectivity index (χ4v) is 5.19. The van der Waals surface area contributed by atoms with Crippen molar-refractivity contribution in [3.05, 3.63) is 96.1 Å². The molecule has 0 unspecified atom stereocenters. The fourth-order valence-electron chi connectivity index (χ4n) is 5.19. The Balaban J connectivity index is 1.66. The van der Waals surface area contributed by atoms with Crippen LogP contribution in [0.5, 0.6) is 0 Å². The van der Waals surface area contributed by atoms with Gasteiger partial charge in [0.15, 0.2) is 0 Å². The van der Waals surface area contributed by atoms with Crippen molar-refractivity contribution in [3.63, 3.8) is 0 Å². The van der Waals surface area contributed by atoms with Gasteiger partial charge in [0.1, 0.15) is 12.1 Å². The second kappa shape index (κ2) is 11.4. The molecule has 0 radical (unpaired) electrons. The summed E-state index contributed by atoms with van der Waals surface area (Å²) in [4.78, 5) is 42.9. The van der Waals surface area contributed by atoms with Gasteiger partial charge < -0.3 is 21.3 Å². The largest absolute Gasteiger partial charge is 0.368 e. The highest BCUT2D eigenvalue weighted by molar-refractivity contribution is 5.95. The zero-order chi connectivity index (χ0) is 28.2. The van der Waals surface area contributed by atoms with Gasteiger partial charge in [0, 0.05) is 18.5 Å². The molecule has 0 bridgehead atoms. The molecule has 1 aliphatic rings. The molecule has 1 saturated heterocycles. The van der Waals surface area contributed by atoms with Crippen molar-refractivity contribution in [2.24, 2.45) is 11.5 Å². The van der Waals surface area contributed by atoms with Crippen LogP contribution in [0, 0.1) is 0 Å². The molecule has 204 valence electrons. The molecule has 0 saturated carbocycles. The number of piperazine rings is 1. The SMILES string of the molecule is CC(C)(N)CC=CC(=O)N1CC(=O)N([C@](C)(Cc2ccccc2)C(N)=O)C[C@H]1Cc1ccc2ccccc2c1. The van der Waals surface area contributed by atoms with E-state index in [9.17, 15) is 14.4 Å². The lowest BCUT2D eigenvalue weighted by Crippen LogP contribution is -2.68. The first-order valence-corrected chi connectivity index (χ1v) is 13.3. The second-order valence-electron chi connectivity index (χ2n) is 11.4. The molecule has 7 nitrogen and oxygen atoms in total. The van der Waals surface area contributed by atoms with Gasteiger partial charge in [0.25, 0.3) is 0 Å². The average molecular weight is 527 g/mol. The highest BCUT2D eigenvalue weighted by Crippen LogP contribution is 2.28. The predicted octanol–water partition coefficient (Wildman–Crippen LogP) is 3.59. The van der Waals surface area contributed by atoms with E-state index in [1.165, 1.54) is 6.08 Å². The quantitative estimate of drug-likeness (QED) is 0.415. The van der Waals surface area contributed by atoms with Crippen LogP contribution in [0.25, 0.3) is 10.8 Å². The number of amides is 3. The van der Waals surface area contributed by atoms with Gasteiger partial charge >= 0.3 is 0 Å². The van der Waals surface area contributed by atoms with E-state index in [1.807, 2.05) is 56.3 Å². The van der Waals surface area contributed by atoms with E-state index < -0.39 is 17.0 Å². The zero-order valence-corrected chi connectivity index (χ0v) is 23.0. The smallest absolute Gasteiger partial charge is 0.247 e. The molecule has 39 heavy (non-hydrogen) atoms. The molecule has 1 fully saturated rings. The van der Waals surface area contributed by atoms with Crippen molar-refractivity contribution in [2.75, 3.05) is 13.1 Å². The lowest BCUT2D eigenvalue weighted by atomic mass is 9.87. The van der Waals surface area contributed by atoms with Crippen LogP contribution >= 0.6 is 0 Å². The minimum atomic E-state index is -1.24. The first kappa shape index (κ1) is 28.0. The number of carbonyl (C=O) groups excluding carboxylic acids is 3. The van der Waals surface area contributed by atoms with Crippen molar-refractivity contribution < 1.29 is 14.4 Å². The standard InChI is InChI=1S/C32H38N4O3/c1-31(2,34)17-9-14-28(37)35-22-29(38)36(32(3,30(33)39)20-23-10-5-4-6-11-23)21-27(35)19-24-15-16-25-12-7-8-13-26(25)18-24/h4-16,18,27H,17,19-22,34H2,1-3H3,(H2,33,39)/t27-,32-/m1/s1. The van der Waals surface area contributed by atoms with E-state index in [2.05, 4.69) is 30.3 Å². The summed E-state index contributed by atoms with van der Waals surface area (Å²) in [6.07, 6.45) is 4.60. The molecule has 0 spiro atoms. The van der Waals surface area contributed by atoms with Crippen molar-refractivity contribution in [3.8, 4) is 0 Å². The highest BCUT2D eigenvalue weighted by Gasteiger charge is 2.46. The Kier molecular flexibility index (Phi) is 8.21. The normalized spacial score (nSPS) is 17.9. The molecule has 1 aliphatic heterocycles. The van der Waals surface area contributed by atoms with Crippen LogP contribution in [0.3, 0.4) is 0 Å². The van der Waals surface area contributed by atoms with Gasteiger partial charge in [-0.05, 0) is 61.6 Å². The fraction of sp³-hybridized carbons (Fsp3) is 0.344. The van der Waals surface area contributed by atoms with Gasteiger partial charge in [0.05, 0.1) is 6.04 Å². The maximum Gasteiger partial charge on any atom is 0.247 e. The number of primary amides is 1. The van der Waals surface area contributed by atoms with Gasteiger partial charge in [-0.2, -0.15) is 0 Å². The summed E-state index contributed by atoms with van der Waals surface area (Å²) < 4.78 is 0. The van der Waals surface area contributed by atoms with E-state index >= 15 is 0 Å². The van der Waals surface area contributed by atoms with Crippen LogP contribution in [0.15, 0.2) is 84.9 Å². The summed E-state index contributed by atoms with van der Waals surface area (Å²) in [5.41, 5.74) is 12.3. The van der Waals surface area contributed by atoms with E-state index in [0.717, 1.165) is 21.9 Å². The summed E-state index contributed by atoms with van der Waals surface area (Å²) in [7, 11) is 0. The molecule has 0 aliphatic carbocycles. The molecule has 2 atom stereocenters. The number of nitrogens with two attached hydrogens (primary N) is 2. The summed E-state index contributed by atoms with van der Waals surface area (Å²) in [5.74, 6) is -1.13. The molecule has 0 aromatic heterocycles. The van der Waals surface area contributed by atoms with Crippen molar-refractivity contribution in [2.45, 2.75) is 57.2 Å². The van der Waals surface area contributed by atoms with Gasteiger partial charge in [-0.1, -0.05) is 78.9 Å². The van der Waals surface area contributed by atoms with Crippen LogP contribution in [-0.4, -0.2) is 57.7 Å². The summed E-state index contributed by atoms with van der Waals surface area (Å²) >= 11 is 0.